The van der Waals surface area contributed by atoms with Gasteiger partial charge in [-0.1, -0.05) is 6.92 Å². The molecule has 2 unspecified atom stereocenters. The molecular weight excluding hydrogens is 365 g/mol. The van der Waals surface area contributed by atoms with Crippen LogP contribution in [0.2, 0.25) is 0 Å². The average molecular weight is 388 g/mol. The first-order valence-electron chi connectivity index (χ1n) is 8.51. The van der Waals surface area contributed by atoms with Crippen molar-refractivity contribution in [3.8, 4) is 5.75 Å². The summed E-state index contributed by atoms with van der Waals surface area (Å²) in [7, 11) is 3.16. The molecule has 0 bridgehead atoms. The number of carbonyl (C=O) groups is 2. The molecule has 150 valence electrons. The van der Waals surface area contributed by atoms with Crippen LogP contribution in [0.5, 0.6) is 5.75 Å². The molecule has 9 heteroatoms. The normalized spacial score (nSPS) is 21.5. The molecule has 0 radical (unpaired) electrons. The van der Waals surface area contributed by atoms with Crippen molar-refractivity contribution in [1.82, 2.24) is 9.80 Å². The number of likely N-dealkylation sites (tertiary alicyclic amines) is 1. The second kappa shape index (κ2) is 8.16. The van der Waals surface area contributed by atoms with Gasteiger partial charge in [-0.2, -0.15) is 13.2 Å². The Hall–Kier alpha value is -2.29. The van der Waals surface area contributed by atoms with Crippen molar-refractivity contribution in [2.24, 2.45) is 5.92 Å². The Labute approximate surface area is 155 Å². The van der Waals surface area contributed by atoms with Crippen molar-refractivity contribution in [1.29, 1.82) is 0 Å². The molecule has 1 aromatic rings. The van der Waals surface area contributed by atoms with Crippen molar-refractivity contribution in [3.63, 3.8) is 0 Å². The van der Waals surface area contributed by atoms with Crippen molar-refractivity contribution in [2.75, 3.05) is 27.2 Å². The highest BCUT2D eigenvalue weighted by molar-refractivity contribution is 5.94. The highest BCUT2D eigenvalue weighted by Gasteiger charge is 2.46. The zero-order chi connectivity index (χ0) is 20.4. The van der Waals surface area contributed by atoms with Gasteiger partial charge in [0.15, 0.2) is 0 Å². The van der Waals surface area contributed by atoms with Gasteiger partial charge in [0.2, 0.25) is 6.10 Å². The number of hydrogen-bond acceptors (Lipinski definition) is 4. The van der Waals surface area contributed by atoms with Gasteiger partial charge in [0.05, 0.1) is 7.11 Å². The summed E-state index contributed by atoms with van der Waals surface area (Å²) in [5.41, 5.74) is 0.469. The molecule has 27 heavy (non-hydrogen) atoms. The molecule has 0 spiro atoms. The topological polar surface area (TPSA) is 70.1 Å². The van der Waals surface area contributed by atoms with Gasteiger partial charge in [-0.3, -0.25) is 9.59 Å². The van der Waals surface area contributed by atoms with Crippen molar-refractivity contribution in [2.45, 2.75) is 31.7 Å². The first-order chi connectivity index (χ1) is 12.6. The standard InChI is InChI=1S/C18H23F3N2O4/c1-11-10-23(17(26)15(24)18(19,20)21)9-8-14(11)22(2)16(25)12-4-6-13(27-3)7-5-12/h4-7,11,14-15,24H,8-10H2,1-3H3/t11?,14?,15-/m1/s1. The SMILES string of the molecule is COc1ccc(C(=O)N(C)C2CCN(C(=O)[C@@H](O)C(F)(F)F)CC2C)cc1. The lowest BCUT2D eigenvalue weighted by Crippen LogP contribution is -2.55. The van der Waals surface area contributed by atoms with E-state index >= 15 is 0 Å². The minimum absolute atomic E-state index is 0.0386. The minimum atomic E-state index is -4.99. The molecule has 0 aromatic heterocycles. The minimum Gasteiger partial charge on any atom is -0.497 e. The number of carbonyl (C=O) groups excluding carboxylic acids is 2. The largest absolute Gasteiger partial charge is 0.497 e. The zero-order valence-electron chi connectivity index (χ0n) is 15.4. The number of alkyl halides is 3. The molecule has 1 N–H and O–H groups in total. The summed E-state index contributed by atoms with van der Waals surface area (Å²) in [6.45, 7) is 1.85. The quantitative estimate of drug-likeness (QED) is 0.856. The average Bonchev–Trinajstić information content (AvgIpc) is 2.64. The van der Waals surface area contributed by atoms with Gasteiger partial charge in [0.1, 0.15) is 5.75 Å². The lowest BCUT2D eigenvalue weighted by Gasteiger charge is -2.41. The number of aliphatic hydroxyl groups is 1. The van der Waals surface area contributed by atoms with Gasteiger partial charge in [-0.25, -0.2) is 0 Å². The molecule has 1 aliphatic rings. The number of aliphatic hydroxyl groups excluding tert-OH is 1. The first-order valence-corrected chi connectivity index (χ1v) is 8.51. The highest BCUT2D eigenvalue weighted by atomic mass is 19.4. The number of amides is 2. The molecule has 3 atom stereocenters. The molecule has 2 rings (SSSR count). The van der Waals surface area contributed by atoms with Gasteiger partial charge >= 0.3 is 6.18 Å². The van der Waals surface area contributed by atoms with E-state index in [1.807, 2.05) is 0 Å². The maximum Gasteiger partial charge on any atom is 0.423 e. The third kappa shape index (κ3) is 4.71. The van der Waals surface area contributed by atoms with Crippen molar-refractivity contribution < 1.29 is 32.6 Å². The van der Waals surface area contributed by atoms with E-state index in [-0.39, 0.29) is 31.0 Å². The molecule has 1 saturated heterocycles. The van der Waals surface area contributed by atoms with E-state index in [0.717, 1.165) is 4.90 Å². The van der Waals surface area contributed by atoms with Gasteiger partial charge in [-0.05, 0) is 36.6 Å². The predicted molar refractivity (Wildman–Crippen MR) is 91.3 cm³/mol. The Morgan fingerprint density at radius 2 is 1.89 bits per heavy atom. The van der Waals surface area contributed by atoms with E-state index in [2.05, 4.69) is 0 Å². The van der Waals surface area contributed by atoms with Crippen LogP contribution < -0.4 is 4.74 Å². The number of hydrogen-bond donors (Lipinski definition) is 1. The van der Waals surface area contributed by atoms with E-state index in [4.69, 9.17) is 9.84 Å². The van der Waals surface area contributed by atoms with E-state index in [0.29, 0.717) is 17.7 Å². The molecule has 1 aromatic carbocycles. The fourth-order valence-corrected chi connectivity index (χ4v) is 3.31. The number of nitrogens with zero attached hydrogens (tertiary/aromatic N) is 2. The van der Waals surface area contributed by atoms with Crippen LogP contribution in [0.15, 0.2) is 24.3 Å². The number of ether oxygens (including phenoxy) is 1. The van der Waals surface area contributed by atoms with Gasteiger partial charge < -0.3 is 19.6 Å². The van der Waals surface area contributed by atoms with E-state index in [1.54, 1.807) is 43.1 Å². The molecular formula is C18H23F3N2O4. The third-order valence-corrected chi connectivity index (χ3v) is 4.87. The molecule has 1 fully saturated rings. The summed E-state index contributed by atoms with van der Waals surface area (Å²) in [4.78, 5) is 27.1. The Morgan fingerprint density at radius 3 is 2.37 bits per heavy atom. The third-order valence-electron chi connectivity index (χ3n) is 4.87. The maximum atomic E-state index is 12.7. The molecule has 6 nitrogen and oxygen atoms in total. The lowest BCUT2D eigenvalue weighted by molar-refractivity contribution is -0.211. The van der Waals surface area contributed by atoms with E-state index < -0.39 is 18.2 Å². The van der Waals surface area contributed by atoms with Gasteiger partial charge in [0, 0.05) is 31.7 Å². The number of methoxy groups -OCH3 is 1. The van der Waals surface area contributed by atoms with Crippen LogP contribution in [0.3, 0.4) is 0 Å². The summed E-state index contributed by atoms with van der Waals surface area (Å²) in [5, 5.41) is 9.16. The Balaban J connectivity index is 2.02. The number of halogens is 3. The molecule has 1 heterocycles. The number of piperidine rings is 1. The fraction of sp³-hybridized carbons (Fsp3) is 0.556. The van der Waals surface area contributed by atoms with Crippen LogP contribution in [-0.2, 0) is 4.79 Å². The van der Waals surface area contributed by atoms with Gasteiger partial charge in [0.25, 0.3) is 11.8 Å². The Kier molecular flexibility index (Phi) is 6.35. The van der Waals surface area contributed by atoms with E-state index in [9.17, 15) is 22.8 Å². The fourth-order valence-electron chi connectivity index (χ4n) is 3.31. The molecule has 1 aliphatic heterocycles. The maximum absolute atomic E-state index is 12.7. The van der Waals surface area contributed by atoms with Crippen LogP contribution in [0.4, 0.5) is 13.2 Å². The van der Waals surface area contributed by atoms with Crippen LogP contribution in [0.1, 0.15) is 23.7 Å². The number of benzene rings is 1. The van der Waals surface area contributed by atoms with Crippen LogP contribution >= 0.6 is 0 Å². The summed E-state index contributed by atoms with van der Waals surface area (Å²) >= 11 is 0. The zero-order valence-corrected chi connectivity index (χ0v) is 15.4. The Bertz CT molecular complexity index is 678. The summed E-state index contributed by atoms with van der Waals surface area (Å²) in [6.07, 6.45) is -7.67. The summed E-state index contributed by atoms with van der Waals surface area (Å²) in [6, 6.07) is 6.39. The van der Waals surface area contributed by atoms with Crippen LogP contribution in [-0.4, -0.2) is 72.3 Å². The molecule has 2 amide bonds. The second-order valence-electron chi connectivity index (χ2n) is 6.71. The van der Waals surface area contributed by atoms with Crippen molar-refractivity contribution >= 4 is 11.8 Å². The predicted octanol–water partition coefficient (Wildman–Crippen LogP) is 1.93. The second-order valence-corrected chi connectivity index (χ2v) is 6.71. The Morgan fingerprint density at radius 1 is 1.30 bits per heavy atom. The van der Waals surface area contributed by atoms with Gasteiger partial charge in [-0.15, -0.1) is 0 Å². The lowest BCUT2D eigenvalue weighted by atomic mass is 9.91. The molecule has 0 saturated carbocycles. The summed E-state index contributed by atoms with van der Waals surface area (Å²) in [5.74, 6) is -1.19. The van der Waals surface area contributed by atoms with Crippen LogP contribution in [0.25, 0.3) is 0 Å². The number of rotatable bonds is 4. The van der Waals surface area contributed by atoms with E-state index in [1.165, 1.54) is 7.11 Å². The monoisotopic (exact) mass is 388 g/mol. The first kappa shape index (κ1) is 21.0. The summed E-state index contributed by atoms with van der Waals surface area (Å²) < 4.78 is 42.7. The molecule has 0 aliphatic carbocycles. The van der Waals surface area contributed by atoms with Crippen LogP contribution in [0, 0.1) is 5.92 Å². The van der Waals surface area contributed by atoms with Crippen molar-refractivity contribution in [3.05, 3.63) is 29.8 Å². The smallest absolute Gasteiger partial charge is 0.423 e. The highest BCUT2D eigenvalue weighted by Crippen LogP contribution is 2.27.